The number of ether oxygens (including phenoxy) is 1. The molecule has 0 aliphatic carbocycles. The average Bonchev–Trinajstić information content (AvgIpc) is 2.60. The van der Waals surface area contributed by atoms with Gasteiger partial charge in [0, 0.05) is 32.5 Å². The molecule has 3 atom stereocenters. The maximum absolute atomic E-state index is 11.6. The number of carbonyl (C=O) groups excluding carboxylic acids is 1. The van der Waals surface area contributed by atoms with E-state index in [0.717, 1.165) is 45.2 Å². The molecule has 0 amide bonds. The minimum atomic E-state index is -0.206. The zero-order chi connectivity index (χ0) is 17.0. The summed E-state index contributed by atoms with van der Waals surface area (Å²) in [7, 11) is 0. The summed E-state index contributed by atoms with van der Waals surface area (Å²) >= 11 is 0. The Morgan fingerprint density at radius 1 is 1.28 bits per heavy atom. The molecular formula is C21H32ClNO2. The highest BCUT2D eigenvalue weighted by atomic mass is 35.5. The van der Waals surface area contributed by atoms with Crippen LogP contribution in [-0.4, -0.2) is 35.6 Å². The number of nitrogens with zero attached hydrogens (tertiary/aromatic N) is 1. The number of carbonyl (C=O) groups is 1. The van der Waals surface area contributed by atoms with E-state index in [1.54, 1.807) is 6.92 Å². The summed E-state index contributed by atoms with van der Waals surface area (Å²) in [5, 5.41) is 0. The largest absolute Gasteiger partial charge is 0.459 e. The highest BCUT2D eigenvalue weighted by molar-refractivity contribution is 5.85. The fourth-order valence-electron chi connectivity index (χ4n) is 4.66. The van der Waals surface area contributed by atoms with Crippen molar-refractivity contribution >= 4 is 18.4 Å². The van der Waals surface area contributed by atoms with Gasteiger partial charge in [-0.25, -0.2) is 0 Å². The molecule has 2 fully saturated rings. The number of piperidine rings is 2. The fraction of sp³-hybridized carbons (Fsp3) is 0.667. The average molecular weight is 366 g/mol. The van der Waals surface area contributed by atoms with E-state index >= 15 is 0 Å². The van der Waals surface area contributed by atoms with Crippen LogP contribution in [0.5, 0.6) is 0 Å². The first-order valence-electron chi connectivity index (χ1n) is 9.60. The molecule has 3 rings (SSSR count). The molecule has 2 heterocycles. The van der Waals surface area contributed by atoms with Gasteiger partial charge in [0.2, 0.25) is 0 Å². The topological polar surface area (TPSA) is 29.5 Å². The predicted octanol–water partition coefficient (Wildman–Crippen LogP) is 4.94. The zero-order valence-electron chi connectivity index (χ0n) is 15.6. The van der Waals surface area contributed by atoms with Gasteiger partial charge in [-0.15, -0.1) is 12.4 Å². The third-order valence-electron chi connectivity index (χ3n) is 5.90. The number of rotatable bonds is 5. The Balaban J connectivity index is 0.00000225. The quantitative estimate of drug-likeness (QED) is 0.692. The normalized spacial score (nSPS) is 29.4. The Bertz CT molecular complexity index is 550. The monoisotopic (exact) mass is 365 g/mol. The molecule has 2 aliphatic heterocycles. The van der Waals surface area contributed by atoms with E-state index < -0.39 is 0 Å². The standard InChI is InChI=1S/C21H31NO2.ClH/c1-3-4-12-21(24-17(2)23)13-14-22-16-19(10-11-20(22)15-21)18-8-6-5-7-9-18;/h5-9,19-20H,3-4,10-16H2,1-2H3;1H/t19-,20+,21-;/m0./s1. The van der Waals surface area contributed by atoms with Crippen molar-refractivity contribution in [1.29, 1.82) is 0 Å². The van der Waals surface area contributed by atoms with E-state index in [9.17, 15) is 4.79 Å². The summed E-state index contributed by atoms with van der Waals surface area (Å²) in [5.41, 5.74) is 1.27. The van der Waals surface area contributed by atoms with Crippen LogP contribution >= 0.6 is 12.4 Å². The first-order chi connectivity index (χ1) is 11.6. The summed E-state index contributed by atoms with van der Waals surface area (Å²) in [6.45, 7) is 5.98. The Kier molecular flexibility index (Phi) is 7.33. The second kappa shape index (κ2) is 9.05. The maximum atomic E-state index is 11.6. The fourth-order valence-corrected chi connectivity index (χ4v) is 4.66. The van der Waals surface area contributed by atoms with Crippen LogP contribution < -0.4 is 0 Å². The number of fused-ring (bicyclic) bond motifs is 1. The van der Waals surface area contributed by atoms with Gasteiger partial charge in [-0.3, -0.25) is 9.69 Å². The van der Waals surface area contributed by atoms with Gasteiger partial charge < -0.3 is 4.74 Å². The number of hydrogen-bond donors (Lipinski definition) is 0. The first-order valence-corrected chi connectivity index (χ1v) is 9.60. The van der Waals surface area contributed by atoms with Crippen molar-refractivity contribution in [2.45, 2.75) is 76.4 Å². The molecule has 0 aromatic heterocycles. The summed E-state index contributed by atoms with van der Waals surface area (Å²) in [6.07, 6.45) is 7.80. The van der Waals surface area contributed by atoms with Crippen LogP contribution in [0.4, 0.5) is 0 Å². The second-order valence-electron chi connectivity index (χ2n) is 7.67. The van der Waals surface area contributed by atoms with Gasteiger partial charge in [-0.2, -0.15) is 0 Å². The van der Waals surface area contributed by atoms with Gasteiger partial charge in [0.15, 0.2) is 0 Å². The highest BCUT2D eigenvalue weighted by Gasteiger charge is 2.43. The highest BCUT2D eigenvalue weighted by Crippen LogP contribution is 2.41. The summed E-state index contributed by atoms with van der Waals surface area (Å²) in [5.74, 6) is 0.539. The Hall–Kier alpha value is -1.06. The van der Waals surface area contributed by atoms with Crippen LogP contribution in [0.1, 0.15) is 70.3 Å². The van der Waals surface area contributed by atoms with Crippen molar-refractivity contribution in [2.75, 3.05) is 13.1 Å². The molecule has 0 N–H and O–H groups in total. The lowest BCUT2D eigenvalue weighted by Gasteiger charge is -2.49. The molecule has 1 aromatic carbocycles. The summed E-state index contributed by atoms with van der Waals surface area (Å²) in [6, 6.07) is 11.5. The molecule has 2 saturated heterocycles. The number of benzene rings is 1. The lowest BCUT2D eigenvalue weighted by atomic mass is 9.76. The second-order valence-corrected chi connectivity index (χ2v) is 7.67. The van der Waals surface area contributed by atoms with Gasteiger partial charge in [-0.05, 0) is 43.6 Å². The molecule has 2 aliphatic rings. The minimum Gasteiger partial charge on any atom is -0.459 e. The van der Waals surface area contributed by atoms with Crippen molar-refractivity contribution < 1.29 is 9.53 Å². The number of unbranched alkanes of at least 4 members (excludes halogenated alkanes) is 1. The van der Waals surface area contributed by atoms with Crippen LogP contribution in [0, 0.1) is 0 Å². The molecule has 1 aromatic rings. The molecule has 0 unspecified atom stereocenters. The molecule has 4 heteroatoms. The van der Waals surface area contributed by atoms with Crippen LogP contribution in [0.3, 0.4) is 0 Å². The molecular weight excluding hydrogens is 334 g/mol. The van der Waals surface area contributed by atoms with Crippen molar-refractivity contribution in [3.05, 3.63) is 35.9 Å². The van der Waals surface area contributed by atoms with Gasteiger partial charge in [0.05, 0.1) is 0 Å². The molecule has 0 saturated carbocycles. The number of esters is 1. The molecule has 3 nitrogen and oxygen atoms in total. The van der Waals surface area contributed by atoms with Gasteiger partial charge in [-0.1, -0.05) is 43.7 Å². The van der Waals surface area contributed by atoms with Gasteiger partial charge in [0.25, 0.3) is 0 Å². The van der Waals surface area contributed by atoms with Crippen molar-refractivity contribution in [2.24, 2.45) is 0 Å². The van der Waals surface area contributed by atoms with Gasteiger partial charge >= 0.3 is 5.97 Å². The molecule has 140 valence electrons. The summed E-state index contributed by atoms with van der Waals surface area (Å²) in [4.78, 5) is 14.3. The Morgan fingerprint density at radius 3 is 2.72 bits per heavy atom. The van der Waals surface area contributed by atoms with E-state index in [2.05, 4.69) is 42.2 Å². The number of halogens is 1. The predicted molar refractivity (Wildman–Crippen MR) is 104 cm³/mol. The number of hydrogen-bond acceptors (Lipinski definition) is 3. The van der Waals surface area contributed by atoms with Crippen LogP contribution in [0.2, 0.25) is 0 Å². The first kappa shape index (κ1) is 20.3. The van der Waals surface area contributed by atoms with E-state index in [4.69, 9.17) is 4.74 Å². The zero-order valence-corrected chi connectivity index (χ0v) is 16.4. The van der Waals surface area contributed by atoms with Crippen molar-refractivity contribution in [3.63, 3.8) is 0 Å². The van der Waals surface area contributed by atoms with Crippen molar-refractivity contribution in [1.82, 2.24) is 4.90 Å². The Labute approximate surface area is 158 Å². The van der Waals surface area contributed by atoms with Crippen LogP contribution in [-0.2, 0) is 9.53 Å². The lowest BCUT2D eigenvalue weighted by Crippen LogP contribution is -2.54. The molecule has 0 radical (unpaired) electrons. The molecule has 0 bridgehead atoms. The van der Waals surface area contributed by atoms with Gasteiger partial charge in [0.1, 0.15) is 5.60 Å². The molecule has 0 spiro atoms. The SMILES string of the molecule is CCCC[C@]1(OC(C)=O)CCN2C[C@@H](c3ccccc3)CC[C@@H]2C1.Cl. The maximum Gasteiger partial charge on any atom is 0.303 e. The van der Waals surface area contributed by atoms with E-state index in [1.807, 2.05) is 0 Å². The third-order valence-corrected chi connectivity index (χ3v) is 5.90. The Morgan fingerprint density at radius 2 is 2.04 bits per heavy atom. The molecule has 25 heavy (non-hydrogen) atoms. The van der Waals surface area contributed by atoms with Crippen molar-refractivity contribution in [3.8, 4) is 0 Å². The van der Waals surface area contributed by atoms with Crippen LogP contribution in [0.15, 0.2) is 30.3 Å². The minimum absolute atomic E-state index is 0. The van der Waals surface area contributed by atoms with Crippen LogP contribution in [0.25, 0.3) is 0 Å². The third kappa shape index (κ3) is 4.98. The van der Waals surface area contributed by atoms with E-state index in [-0.39, 0.29) is 24.0 Å². The van der Waals surface area contributed by atoms with E-state index in [1.165, 1.54) is 18.4 Å². The van der Waals surface area contributed by atoms with E-state index in [0.29, 0.717) is 12.0 Å². The summed E-state index contributed by atoms with van der Waals surface area (Å²) < 4.78 is 5.88. The lowest BCUT2D eigenvalue weighted by molar-refractivity contribution is -0.167. The smallest absolute Gasteiger partial charge is 0.303 e.